The van der Waals surface area contributed by atoms with Gasteiger partial charge in [0, 0.05) is 25.8 Å². The Bertz CT molecular complexity index is 424. The lowest BCUT2D eigenvalue weighted by Gasteiger charge is -2.18. The zero-order valence-electron chi connectivity index (χ0n) is 8.34. The maximum atomic E-state index is 10.7. The topological polar surface area (TPSA) is 78.0 Å². The Labute approximate surface area is 86.1 Å². The van der Waals surface area contributed by atoms with Crippen LogP contribution >= 0.6 is 0 Å². The molecular weight excluding hydrogens is 198 g/mol. The van der Waals surface area contributed by atoms with Gasteiger partial charge in [0.05, 0.1) is 0 Å². The van der Waals surface area contributed by atoms with Crippen LogP contribution in [0.3, 0.4) is 0 Å². The summed E-state index contributed by atoms with van der Waals surface area (Å²) in [6.45, 7) is 2.39. The van der Waals surface area contributed by atoms with Crippen LogP contribution in [0.2, 0.25) is 0 Å². The highest BCUT2D eigenvalue weighted by molar-refractivity contribution is 5.55. The van der Waals surface area contributed by atoms with E-state index in [9.17, 15) is 14.9 Å². The molecule has 80 valence electrons. The predicted molar refractivity (Wildman–Crippen MR) is 51.5 cm³/mol. The molecule has 1 atom stereocenters. The fourth-order valence-corrected chi connectivity index (χ4v) is 2.00. The Balaban J connectivity index is 2.46. The summed E-state index contributed by atoms with van der Waals surface area (Å²) in [6, 6.07) is 0. The van der Waals surface area contributed by atoms with Crippen molar-refractivity contribution in [2.24, 2.45) is 5.92 Å². The molecule has 1 aliphatic rings. The molecule has 0 spiro atoms. The molecule has 6 heteroatoms. The summed E-state index contributed by atoms with van der Waals surface area (Å²) in [4.78, 5) is 24.8. The molecule has 0 saturated carbocycles. The number of rotatable bonds is 2. The number of aromatic nitrogens is 2. The second-order valence-corrected chi connectivity index (χ2v) is 3.73. The maximum absolute atomic E-state index is 10.7. The van der Waals surface area contributed by atoms with Gasteiger partial charge in [-0.3, -0.25) is 0 Å². The van der Waals surface area contributed by atoms with Crippen molar-refractivity contribution >= 4 is 12.1 Å². The first-order valence-electron chi connectivity index (χ1n) is 4.79. The van der Waals surface area contributed by atoms with Gasteiger partial charge >= 0.3 is 5.82 Å². The standard InChI is InChI=1S/C9H11N3O3/c1-6-10-9(12(14)15)8-4-7(5-13)2-3-11(6)8/h5,7H,2-4H2,1H3. The van der Waals surface area contributed by atoms with E-state index in [0.29, 0.717) is 24.5 Å². The highest BCUT2D eigenvalue weighted by Gasteiger charge is 2.30. The van der Waals surface area contributed by atoms with Crippen molar-refractivity contribution in [1.29, 1.82) is 0 Å². The van der Waals surface area contributed by atoms with Gasteiger partial charge in [-0.05, 0) is 16.3 Å². The van der Waals surface area contributed by atoms with E-state index in [1.807, 2.05) is 4.57 Å². The third kappa shape index (κ3) is 1.51. The second-order valence-electron chi connectivity index (χ2n) is 3.73. The van der Waals surface area contributed by atoms with Crippen molar-refractivity contribution in [3.63, 3.8) is 0 Å². The van der Waals surface area contributed by atoms with Crippen molar-refractivity contribution in [2.45, 2.75) is 26.3 Å². The first kappa shape index (κ1) is 9.82. The number of aldehydes is 1. The van der Waals surface area contributed by atoms with Gasteiger partial charge in [-0.2, -0.15) is 0 Å². The zero-order chi connectivity index (χ0) is 11.0. The van der Waals surface area contributed by atoms with Gasteiger partial charge in [0.15, 0.2) is 0 Å². The minimum atomic E-state index is -0.480. The second kappa shape index (κ2) is 3.45. The molecular formula is C9H11N3O3. The number of nitro groups is 1. The molecule has 0 aliphatic carbocycles. The fourth-order valence-electron chi connectivity index (χ4n) is 2.00. The van der Waals surface area contributed by atoms with Gasteiger partial charge < -0.3 is 19.5 Å². The van der Waals surface area contributed by atoms with Crippen LogP contribution in [0.4, 0.5) is 5.82 Å². The number of nitrogens with zero attached hydrogens (tertiary/aromatic N) is 3. The molecule has 1 aromatic heterocycles. The molecule has 1 aromatic rings. The number of carbonyl (C=O) groups excluding carboxylic acids is 1. The lowest BCUT2D eigenvalue weighted by Crippen LogP contribution is -2.21. The van der Waals surface area contributed by atoms with Crippen molar-refractivity contribution < 1.29 is 9.72 Å². The van der Waals surface area contributed by atoms with E-state index in [1.54, 1.807) is 6.92 Å². The molecule has 0 N–H and O–H groups in total. The number of fused-ring (bicyclic) bond motifs is 1. The summed E-state index contributed by atoms with van der Waals surface area (Å²) in [5.74, 6) is 0.451. The van der Waals surface area contributed by atoms with Crippen LogP contribution in [0.5, 0.6) is 0 Å². The molecule has 2 rings (SSSR count). The Morgan fingerprint density at radius 1 is 1.67 bits per heavy atom. The van der Waals surface area contributed by atoms with Gasteiger partial charge in [0.25, 0.3) is 0 Å². The van der Waals surface area contributed by atoms with E-state index in [-0.39, 0.29) is 11.7 Å². The predicted octanol–water partition coefficient (Wildman–Crippen LogP) is 0.861. The molecule has 2 heterocycles. The van der Waals surface area contributed by atoms with Crippen LogP contribution in [-0.2, 0) is 17.8 Å². The Morgan fingerprint density at radius 3 is 3.00 bits per heavy atom. The summed E-state index contributed by atoms with van der Waals surface area (Å²) in [7, 11) is 0. The first-order valence-corrected chi connectivity index (χ1v) is 4.79. The van der Waals surface area contributed by atoms with Crippen LogP contribution in [0, 0.1) is 23.0 Å². The third-order valence-corrected chi connectivity index (χ3v) is 2.79. The largest absolute Gasteiger partial charge is 0.385 e. The van der Waals surface area contributed by atoms with Crippen LogP contribution in [0.15, 0.2) is 0 Å². The molecule has 0 saturated heterocycles. The summed E-state index contributed by atoms with van der Waals surface area (Å²) in [6.07, 6.45) is 2.04. The highest BCUT2D eigenvalue weighted by Crippen LogP contribution is 2.27. The molecule has 0 bridgehead atoms. The third-order valence-electron chi connectivity index (χ3n) is 2.79. The van der Waals surface area contributed by atoms with Gasteiger partial charge in [-0.1, -0.05) is 0 Å². The molecule has 0 aromatic carbocycles. The first-order chi connectivity index (χ1) is 7.13. The quantitative estimate of drug-likeness (QED) is 0.411. The number of hydrogen-bond donors (Lipinski definition) is 0. The van der Waals surface area contributed by atoms with Crippen LogP contribution in [0.1, 0.15) is 17.9 Å². The van der Waals surface area contributed by atoms with Crippen molar-refractivity contribution in [3.8, 4) is 0 Å². The highest BCUT2D eigenvalue weighted by atomic mass is 16.6. The molecule has 1 aliphatic heterocycles. The Kier molecular flexibility index (Phi) is 2.26. The van der Waals surface area contributed by atoms with Gasteiger partial charge in [-0.25, -0.2) is 0 Å². The maximum Gasteiger partial charge on any atom is 0.385 e. The summed E-state index contributed by atoms with van der Waals surface area (Å²) >= 11 is 0. The smallest absolute Gasteiger partial charge is 0.358 e. The van der Waals surface area contributed by atoms with E-state index in [1.165, 1.54) is 0 Å². The number of imidazole rings is 1. The molecule has 0 amide bonds. The van der Waals surface area contributed by atoms with Crippen molar-refractivity contribution in [1.82, 2.24) is 9.55 Å². The Hall–Kier alpha value is -1.72. The lowest BCUT2D eigenvalue weighted by molar-refractivity contribution is -0.390. The SMILES string of the molecule is Cc1nc([N+](=O)[O-])c2n1CCC(C=O)C2. The molecule has 1 unspecified atom stereocenters. The summed E-state index contributed by atoms with van der Waals surface area (Å²) in [5.41, 5.74) is 0.584. The van der Waals surface area contributed by atoms with E-state index in [4.69, 9.17) is 0 Å². The molecule has 0 radical (unpaired) electrons. The average Bonchev–Trinajstić information content (AvgIpc) is 2.56. The number of carbonyl (C=O) groups is 1. The van der Waals surface area contributed by atoms with Crippen molar-refractivity contribution in [2.75, 3.05) is 0 Å². The van der Waals surface area contributed by atoms with Gasteiger partial charge in [-0.15, -0.1) is 0 Å². The minimum absolute atomic E-state index is 0.0981. The number of aryl methyl sites for hydroxylation is 1. The molecule has 15 heavy (non-hydrogen) atoms. The summed E-state index contributed by atoms with van der Waals surface area (Å²) < 4.78 is 1.83. The Morgan fingerprint density at radius 2 is 2.40 bits per heavy atom. The van der Waals surface area contributed by atoms with Crippen LogP contribution in [0.25, 0.3) is 0 Å². The molecule has 6 nitrogen and oxygen atoms in total. The van der Waals surface area contributed by atoms with E-state index < -0.39 is 4.92 Å². The van der Waals surface area contributed by atoms with Crippen LogP contribution in [-0.4, -0.2) is 20.8 Å². The lowest BCUT2D eigenvalue weighted by atomic mass is 9.97. The van der Waals surface area contributed by atoms with E-state index in [2.05, 4.69) is 4.98 Å². The monoisotopic (exact) mass is 209 g/mol. The fraction of sp³-hybridized carbons (Fsp3) is 0.556. The van der Waals surface area contributed by atoms with Gasteiger partial charge in [0.1, 0.15) is 12.0 Å². The summed E-state index contributed by atoms with van der Waals surface area (Å²) in [5, 5.41) is 10.7. The van der Waals surface area contributed by atoms with E-state index >= 15 is 0 Å². The van der Waals surface area contributed by atoms with Crippen molar-refractivity contribution in [3.05, 3.63) is 21.6 Å². The van der Waals surface area contributed by atoms with E-state index in [0.717, 1.165) is 12.7 Å². The molecule has 0 fully saturated rings. The number of hydrogen-bond acceptors (Lipinski definition) is 4. The minimum Gasteiger partial charge on any atom is -0.358 e. The van der Waals surface area contributed by atoms with Gasteiger partial charge in [0.2, 0.25) is 5.82 Å². The zero-order valence-corrected chi connectivity index (χ0v) is 8.34. The van der Waals surface area contributed by atoms with Crippen LogP contribution < -0.4 is 0 Å². The average molecular weight is 209 g/mol. The normalized spacial score (nSPS) is 19.7.